The standard InChI is InChI=1S/C23H23ClN6O2/c1-13-18(24)10-16(7-8-25-22-20-23(27-11-26-20)29-12-28-22)21(32-3)19(13)15-5-4-6-17(9-15)30-14(2)31/h4-6,9-12H,7-8H2,1-3H3,(H,30,31)(H2,25,26,27,28,29). The van der Waals surface area contributed by atoms with Crippen molar-refractivity contribution < 1.29 is 9.53 Å². The fourth-order valence-electron chi connectivity index (χ4n) is 3.71. The summed E-state index contributed by atoms with van der Waals surface area (Å²) in [5.74, 6) is 1.29. The topological polar surface area (TPSA) is 105 Å². The third kappa shape index (κ3) is 4.36. The SMILES string of the molecule is COc1c(CCNc2ncnc3[nH]cnc23)cc(Cl)c(C)c1-c1cccc(NC(C)=O)c1. The van der Waals surface area contributed by atoms with Crippen molar-refractivity contribution in [1.82, 2.24) is 19.9 Å². The predicted molar refractivity (Wildman–Crippen MR) is 126 cm³/mol. The van der Waals surface area contributed by atoms with Gasteiger partial charge in [0.1, 0.15) is 17.6 Å². The molecule has 3 N–H and O–H groups in total. The first-order valence-electron chi connectivity index (χ1n) is 10.1. The first-order chi connectivity index (χ1) is 15.5. The predicted octanol–water partition coefficient (Wildman–Crippen LogP) is 4.60. The fourth-order valence-corrected chi connectivity index (χ4v) is 3.94. The number of H-pyrrole nitrogens is 1. The number of nitrogens with one attached hydrogen (secondary N) is 3. The molecule has 0 aliphatic heterocycles. The van der Waals surface area contributed by atoms with E-state index in [0.717, 1.165) is 28.0 Å². The summed E-state index contributed by atoms with van der Waals surface area (Å²) >= 11 is 6.60. The van der Waals surface area contributed by atoms with Gasteiger partial charge in [0.2, 0.25) is 5.91 Å². The van der Waals surface area contributed by atoms with E-state index in [9.17, 15) is 4.79 Å². The van der Waals surface area contributed by atoms with E-state index in [2.05, 4.69) is 30.6 Å². The molecular formula is C23H23ClN6O2. The number of hydrogen-bond acceptors (Lipinski definition) is 6. The van der Waals surface area contributed by atoms with Crippen LogP contribution in [0.5, 0.6) is 5.75 Å². The van der Waals surface area contributed by atoms with Crippen LogP contribution in [0.25, 0.3) is 22.3 Å². The van der Waals surface area contributed by atoms with Crippen LogP contribution in [0.1, 0.15) is 18.1 Å². The van der Waals surface area contributed by atoms with Crippen molar-refractivity contribution in [3.8, 4) is 16.9 Å². The lowest BCUT2D eigenvalue weighted by Gasteiger charge is -2.19. The Morgan fingerprint density at radius 2 is 2.06 bits per heavy atom. The summed E-state index contributed by atoms with van der Waals surface area (Å²) < 4.78 is 5.83. The summed E-state index contributed by atoms with van der Waals surface area (Å²) in [6.45, 7) is 4.04. The number of carbonyl (C=O) groups excluding carboxylic acids is 1. The number of anilines is 2. The number of benzene rings is 2. The number of methoxy groups -OCH3 is 1. The van der Waals surface area contributed by atoms with Gasteiger partial charge < -0.3 is 20.4 Å². The van der Waals surface area contributed by atoms with Gasteiger partial charge in [-0.25, -0.2) is 15.0 Å². The zero-order valence-electron chi connectivity index (χ0n) is 18.0. The van der Waals surface area contributed by atoms with E-state index in [1.807, 2.05) is 37.3 Å². The van der Waals surface area contributed by atoms with Crippen LogP contribution in [-0.2, 0) is 11.2 Å². The fraction of sp³-hybridized carbons (Fsp3) is 0.217. The Bertz CT molecular complexity index is 1290. The third-order valence-corrected chi connectivity index (χ3v) is 5.53. The van der Waals surface area contributed by atoms with E-state index in [4.69, 9.17) is 16.3 Å². The number of imidazole rings is 1. The van der Waals surface area contributed by atoms with Gasteiger partial charge in [0.15, 0.2) is 11.5 Å². The van der Waals surface area contributed by atoms with E-state index in [-0.39, 0.29) is 5.91 Å². The molecule has 8 nitrogen and oxygen atoms in total. The van der Waals surface area contributed by atoms with Gasteiger partial charge in [-0.1, -0.05) is 23.7 Å². The smallest absolute Gasteiger partial charge is 0.221 e. The second-order valence-corrected chi connectivity index (χ2v) is 7.72. The Balaban J connectivity index is 1.64. The van der Waals surface area contributed by atoms with Crippen molar-refractivity contribution in [2.24, 2.45) is 0 Å². The maximum atomic E-state index is 11.5. The second kappa shape index (κ2) is 9.23. The Labute approximate surface area is 190 Å². The van der Waals surface area contributed by atoms with Gasteiger partial charge in [-0.2, -0.15) is 0 Å². The van der Waals surface area contributed by atoms with Crippen LogP contribution in [-0.4, -0.2) is 39.5 Å². The highest BCUT2D eigenvalue weighted by Gasteiger charge is 2.18. The maximum absolute atomic E-state index is 11.5. The highest BCUT2D eigenvalue weighted by Crippen LogP contribution is 2.40. The van der Waals surface area contributed by atoms with Crippen LogP contribution in [0.15, 0.2) is 43.0 Å². The minimum Gasteiger partial charge on any atom is -0.496 e. The molecule has 2 aromatic carbocycles. The van der Waals surface area contributed by atoms with Crippen LogP contribution in [0.4, 0.5) is 11.5 Å². The number of halogens is 1. The summed E-state index contributed by atoms with van der Waals surface area (Å²) in [6, 6.07) is 9.57. The number of hydrogen-bond donors (Lipinski definition) is 3. The highest BCUT2D eigenvalue weighted by atomic mass is 35.5. The van der Waals surface area contributed by atoms with Gasteiger partial charge in [-0.3, -0.25) is 4.79 Å². The largest absolute Gasteiger partial charge is 0.496 e. The number of aromatic amines is 1. The average Bonchev–Trinajstić information content (AvgIpc) is 3.25. The van der Waals surface area contributed by atoms with Gasteiger partial charge in [-0.05, 0) is 48.2 Å². The molecular weight excluding hydrogens is 428 g/mol. The summed E-state index contributed by atoms with van der Waals surface area (Å²) in [6.07, 6.45) is 3.73. The van der Waals surface area contributed by atoms with Gasteiger partial charge in [-0.15, -0.1) is 0 Å². The molecule has 0 radical (unpaired) electrons. The normalized spacial score (nSPS) is 10.9. The Morgan fingerprint density at radius 1 is 1.22 bits per heavy atom. The van der Waals surface area contributed by atoms with Crippen LogP contribution in [0.3, 0.4) is 0 Å². The number of ether oxygens (including phenoxy) is 1. The zero-order valence-corrected chi connectivity index (χ0v) is 18.7. The minimum atomic E-state index is -0.126. The van der Waals surface area contributed by atoms with Gasteiger partial charge in [0, 0.05) is 29.7 Å². The lowest BCUT2D eigenvalue weighted by molar-refractivity contribution is -0.114. The van der Waals surface area contributed by atoms with E-state index in [1.165, 1.54) is 13.3 Å². The molecule has 0 aliphatic carbocycles. The molecule has 0 saturated carbocycles. The number of rotatable bonds is 7. The number of carbonyl (C=O) groups is 1. The minimum absolute atomic E-state index is 0.126. The molecule has 4 aromatic rings. The molecule has 0 spiro atoms. The van der Waals surface area contributed by atoms with Crippen molar-refractivity contribution in [1.29, 1.82) is 0 Å². The molecule has 0 bridgehead atoms. The molecule has 0 saturated heterocycles. The Kier molecular flexibility index (Phi) is 6.23. The summed E-state index contributed by atoms with van der Waals surface area (Å²) in [4.78, 5) is 27.2. The van der Waals surface area contributed by atoms with Crippen LogP contribution in [0, 0.1) is 6.92 Å². The van der Waals surface area contributed by atoms with Crippen LogP contribution in [0.2, 0.25) is 5.02 Å². The summed E-state index contributed by atoms with van der Waals surface area (Å²) in [5, 5.41) is 6.79. The number of aromatic nitrogens is 4. The summed E-state index contributed by atoms with van der Waals surface area (Å²) in [5.41, 5.74) is 5.77. The quantitative estimate of drug-likeness (QED) is 0.380. The molecule has 4 rings (SSSR count). The highest BCUT2D eigenvalue weighted by molar-refractivity contribution is 6.32. The maximum Gasteiger partial charge on any atom is 0.221 e. The molecule has 0 unspecified atom stereocenters. The van der Waals surface area contributed by atoms with Crippen molar-refractivity contribution in [2.45, 2.75) is 20.3 Å². The number of fused-ring (bicyclic) bond motifs is 1. The van der Waals surface area contributed by atoms with Gasteiger partial charge >= 0.3 is 0 Å². The van der Waals surface area contributed by atoms with Gasteiger partial charge in [0.05, 0.1) is 13.4 Å². The zero-order chi connectivity index (χ0) is 22.7. The molecule has 2 aromatic heterocycles. The van der Waals surface area contributed by atoms with Crippen LogP contribution >= 0.6 is 11.6 Å². The van der Waals surface area contributed by atoms with E-state index >= 15 is 0 Å². The van der Waals surface area contributed by atoms with Crippen molar-refractivity contribution in [3.05, 3.63) is 59.1 Å². The van der Waals surface area contributed by atoms with Crippen molar-refractivity contribution in [3.63, 3.8) is 0 Å². The molecule has 1 amide bonds. The van der Waals surface area contributed by atoms with E-state index in [0.29, 0.717) is 40.7 Å². The molecule has 32 heavy (non-hydrogen) atoms. The van der Waals surface area contributed by atoms with Crippen molar-refractivity contribution >= 4 is 40.2 Å². The summed E-state index contributed by atoms with van der Waals surface area (Å²) in [7, 11) is 1.65. The van der Waals surface area contributed by atoms with Crippen molar-refractivity contribution in [2.75, 3.05) is 24.3 Å². The molecule has 0 aliphatic rings. The third-order valence-electron chi connectivity index (χ3n) is 5.13. The first-order valence-corrected chi connectivity index (χ1v) is 10.5. The molecule has 9 heteroatoms. The monoisotopic (exact) mass is 450 g/mol. The lowest BCUT2D eigenvalue weighted by Crippen LogP contribution is -2.09. The number of amides is 1. The molecule has 2 heterocycles. The van der Waals surface area contributed by atoms with Crippen LogP contribution < -0.4 is 15.4 Å². The average molecular weight is 451 g/mol. The van der Waals surface area contributed by atoms with Gasteiger partial charge in [0.25, 0.3) is 0 Å². The Hall–Kier alpha value is -3.65. The molecule has 0 fully saturated rings. The lowest BCUT2D eigenvalue weighted by atomic mass is 9.94. The van der Waals surface area contributed by atoms with E-state index < -0.39 is 0 Å². The van der Waals surface area contributed by atoms with E-state index in [1.54, 1.807) is 13.4 Å². The molecule has 0 atom stereocenters. The molecule has 164 valence electrons. The first kappa shape index (κ1) is 21.6. The second-order valence-electron chi connectivity index (χ2n) is 7.31. The number of nitrogens with zero attached hydrogens (tertiary/aromatic N) is 3. The Morgan fingerprint density at radius 3 is 2.84 bits per heavy atom.